The molecular weight excluding hydrogens is 342 g/mol. The lowest BCUT2D eigenvalue weighted by Crippen LogP contribution is -2.66. The van der Waals surface area contributed by atoms with Gasteiger partial charge in [0.25, 0.3) is 0 Å². The molecule has 5 rings (SSSR count). The Hall–Kier alpha value is -3.41. The summed E-state index contributed by atoms with van der Waals surface area (Å²) in [6.45, 7) is 0. The van der Waals surface area contributed by atoms with E-state index in [1.165, 1.54) is 4.90 Å². The highest BCUT2D eigenvalue weighted by Gasteiger charge is 2.52. The van der Waals surface area contributed by atoms with E-state index in [0.717, 1.165) is 16.8 Å². The van der Waals surface area contributed by atoms with Crippen molar-refractivity contribution >= 4 is 23.4 Å². The Morgan fingerprint density at radius 1 is 0.889 bits per heavy atom. The van der Waals surface area contributed by atoms with Gasteiger partial charge in [-0.15, -0.1) is 0 Å². The van der Waals surface area contributed by atoms with Gasteiger partial charge in [0.05, 0.1) is 11.6 Å². The maximum Gasteiger partial charge on any atom is 0.325 e. The number of imide groups is 1. The third kappa shape index (κ3) is 2.10. The zero-order chi connectivity index (χ0) is 18.7. The zero-order valence-corrected chi connectivity index (χ0v) is 14.6. The third-order valence-corrected chi connectivity index (χ3v) is 5.69. The normalized spacial score (nSPS) is 26.2. The number of ketones is 1. The monoisotopic (exact) mass is 359 g/mol. The molecule has 1 saturated heterocycles. The molecule has 6 nitrogen and oxygen atoms in total. The fraction of sp³-hybridized carbons (Fsp3) is 0.190. The van der Waals surface area contributed by atoms with Crippen LogP contribution in [0.5, 0.6) is 0 Å². The molecule has 1 fully saturated rings. The van der Waals surface area contributed by atoms with Crippen LogP contribution in [0.2, 0.25) is 0 Å². The fourth-order valence-electron chi connectivity index (χ4n) is 4.42. The Labute approximate surface area is 155 Å². The Morgan fingerprint density at radius 2 is 1.56 bits per heavy atom. The number of allylic oxidation sites excluding steroid dienone is 1. The molecule has 0 spiro atoms. The third-order valence-electron chi connectivity index (χ3n) is 5.69. The van der Waals surface area contributed by atoms with Crippen LogP contribution in [0.4, 0.5) is 4.79 Å². The van der Waals surface area contributed by atoms with Crippen LogP contribution in [0.15, 0.2) is 60.2 Å². The van der Waals surface area contributed by atoms with Crippen LogP contribution in [-0.4, -0.2) is 35.8 Å². The van der Waals surface area contributed by atoms with Crippen molar-refractivity contribution in [1.82, 2.24) is 15.5 Å². The van der Waals surface area contributed by atoms with E-state index in [0.29, 0.717) is 11.1 Å². The van der Waals surface area contributed by atoms with Gasteiger partial charge in [0.2, 0.25) is 5.91 Å². The Morgan fingerprint density at radius 3 is 2.30 bits per heavy atom. The van der Waals surface area contributed by atoms with E-state index in [4.69, 9.17) is 0 Å². The number of rotatable bonds is 1. The minimum absolute atomic E-state index is 0.0623. The average molecular weight is 359 g/mol. The summed E-state index contributed by atoms with van der Waals surface area (Å²) in [7, 11) is 1.66. The Kier molecular flexibility index (Phi) is 3.25. The first kappa shape index (κ1) is 15.8. The molecule has 0 aromatic heterocycles. The molecule has 2 heterocycles. The lowest BCUT2D eigenvalue weighted by atomic mass is 9.73. The number of benzene rings is 2. The number of hydrogen-bond donors (Lipinski definition) is 2. The highest BCUT2D eigenvalue weighted by atomic mass is 16.2. The zero-order valence-electron chi connectivity index (χ0n) is 14.6. The fourth-order valence-corrected chi connectivity index (χ4v) is 4.42. The highest BCUT2D eigenvalue weighted by molar-refractivity contribution is 6.22. The molecule has 0 saturated carbocycles. The number of fused-ring (bicyclic) bond motifs is 3. The molecule has 2 aliphatic heterocycles. The first-order valence-corrected chi connectivity index (χ1v) is 8.85. The van der Waals surface area contributed by atoms with Crippen LogP contribution in [0, 0.1) is 5.92 Å². The van der Waals surface area contributed by atoms with Crippen molar-refractivity contribution in [1.29, 1.82) is 0 Å². The second-order valence-electron chi connectivity index (χ2n) is 7.07. The number of Topliss-reactive ketones (excluding diaryl/α,β-unsaturated/α-hetero) is 1. The summed E-state index contributed by atoms with van der Waals surface area (Å²) in [4.78, 5) is 39.7. The van der Waals surface area contributed by atoms with E-state index in [1.54, 1.807) is 13.1 Å². The molecule has 1 aliphatic carbocycles. The molecule has 134 valence electrons. The number of urea groups is 1. The first-order chi connectivity index (χ1) is 13.1. The maximum atomic E-state index is 13.2. The summed E-state index contributed by atoms with van der Waals surface area (Å²) < 4.78 is 0. The summed E-state index contributed by atoms with van der Waals surface area (Å²) in [5, 5.41) is 5.74. The molecule has 2 aromatic rings. The van der Waals surface area contributed by atoms with E-state index in [2.05, 4.69) is 10.6 Å². The summed E-state index contributed by atoms with van der Waals surface area (Å²) in [5.74, 6) is -1.44. The molecule has 3 atom stereocenters. The lowest BCUT2D eigenvalue weighted by molar-refractivity contribution is -0.129. The average Bonchev–Trinajstić information content (AvgIpc) is 2.98. The van der Waals surface area contributed by atoms with Gasteiger partial charge in [0.15, 0.2) is 5.78 Å². The number of hydrogen-bond acceptors (Lipinski definition) is 4. The van der Waals surface area contributed by atoms with Crippen molar-refractivity contribution < 1.29 is 14.4 Å². The van der Waals surface area contributed by atoms with E-state index < -0.39 is 24.0 Å². The summed E-state index contributed by atoms with van der Waals surface area (Å²) in [6, 6.07) is 16.5. The van der Waals surface area contributed by atoms with Crippen LogP contribution in [-0.2, 0) is 4.79 Å². The van der Waals surface area contributed by atoms with Gasteiger partial charge in [-0.05, 0) is 5.56 Å². The van der Waals surface area contributed by atoms with Crippen molar-refractivity contribution in [2.24, 2.45) is 5.92 Å². The van der Waals surface area contributed by atoms with Crippen molar-refractivity contribution in [2.75, 3.05) is 7.05 Å². The molecule has 0 bridgehead atoms. The molecule has 3 unspecified atom stereocenters. The van der Waals surface area contributed by atoms with Gasteiger partial charge in [0.1, 0.15) is 6.17 Å². The maximum absolute atomic E-state index is 13.2. The largest absolute Gasteiger partial charge is 0.364 e. The molecule has 6 heteroatoms. The Balaban J connectivity index is 1.75. The highest BCUT2D eigenvalue weighted by Crippen LogP contribution is 2.48. The quantitative estimate of drug-likeness (QED) is 0.817. The topological polar surface area (TPSA) is 78.5 Å². The standard InChI is InChI=1S/C21H17N3O3/c1-24-19-16(20(26)23-21(24)27)14(11-7-3-2-4-8-11)15-17(22-19)12-9-5-6-10-13(12)18(15)25/h2-10,14,16,19,22H,1H3,(H,23,26,27). The van der Waals surface area contributed by atoms with Crippen molar-refractivity contribution in [3.8, 4) is 0 Å². The van der Waals surface area contributed by atoms with E-state index in [9.17, 15) is 14.4 Å². The van der Waals surface area contributed by atoms with Gasteiger partial charge in [-0.1, -0.05) is 54.6 Å². The van der Waals surface area contributed by atoms with Crippen LogP contribution in [0.1, 0.15) is 27.4 Å². The van der Waals surface area contributed by atoms with Crippen molar-refractivity contribution in [2.45, 2.75) is 12.1 Å². The van der Waals surface area contributed by atoms with E-state index in [-0.39, 0.29) is 11.7 Å². The SMILES string of the molecule is CN1C(=O)NC(=O)C2C(c3ccccc3)C3=C(NC21)c1ccccc1C3=O. The summed E-state index contributed by atoms with van der Waals surface area (Å²) in [6.07, 6.45) is -0.519. The van der Waals surface area contributed by atoms with Crippen LogP contribution >= 0.6 is 0 Å². The van der Waals surface area contributed by atoms with E-state index >= 15 is 0 Å². The van der Waals surface area contributed by atoms with Crippen molar-refractivity contribution in [3.63, 3.8) is 0 Å². The number of nitrogens with one attached hydrogen (secondary N) is 2. The minimum atomic E-state index is -0.591. The molecule has 3 amide bonds. The number of carbonyl (C=O) groups is 3. The predicted octanol–water partition coefficient (Wildman–Crippen LogP) is 2.10. The van der Waals surface area contributed by atoms with Crippen LogP contribution < -0.4 is 10.6 Å². The first-order valence-electron chi connectivity index (χ1n) is 8.85. The molecular formula is C21H17N3O3. The molecule has 2 N–H and O–H groups in total. The van der Waals surface area contributed by atoms with Crippen molar-refractivity contribution in [3.05, 3.63) is 76.9 Å². The Bertz CT molecular complexity index is 1030. The molecule has 2 aromatic carbocycles. The number of amides is 3. The van der Waals surface area contributed by atoms with Gasteiger partial charge in [-0.3, -0.25) is 14.9 Å². The van der Waals surface area contributed by atoms with Gasteiger partial charge in [0, 0.05) is 29.7 Å². The number of carbonyl (C=O) groups excluding carboxylic acids is 3. The smallest absolute Gasteiger partial charge is 0.325 e. The van der Waals surface area contributed by atoms with Gasteiger partial charge in [-0.25, -0.2) is 4.79 Å². The molecule has 3 aliphatic rings. The molecule has 27 heavy (non-hydrogen) atoms. The minimum Gasteiger partial charge on any atom is -0.364 e. The van der Waals surface area contributed by atoms with Crippen LogP contribution in [0.25, 0.3) is 5.70 Å². The van der Waals surface area contributed by atoms with Gasteiger partial charge < -0.3 is 10.2 Å². The number of nitrogens with zero attached hydrogens (tertiary/aromatic N) is 1. The summed E-state index contributed by atoms with van der Waals surface area (Å²) >= 11 is 0. The van der Waals surface area contributed by atoms with Crippen LogP contribution in [0.3, 0.4) is 0 Å². The molecule has 0 radical (unpaired) electrons. The van der Waals surface area contributed by atoms with Gasteiger partial charge >= 0.3 is 6.03 Å². The summed E-state index contributed by atoms with van der Waals surface area (Å²) in [5.41, 5.74) is 3.66. The second kappa shape index (κ2) is 5.54. The van der Waals surface area contributed by atoms with E-state index in [1.807, 2.05) is 48.5 Å². The second-order valence-corrected chi connectivity index (χ2v) is 7.07. The lowest BCUT2D eigenvalue weighted by Gasteiger charge is -2.45. The predicted molar refractivity (Wildman–Crippen MR) is 98.6 cm³/mol. The van der Waals surface area contributed by atoms with Gasteiger partial charge in [-0.2, -0.15) is 0 Å².